The number of ether oxygens (including phenoxy) is 1. The summed E-state index contributed by atoms with van der Waals surface area (Å²) in [4.78, 5) is 12.3. The summed E-state index contributed by atoms with van der Waals surface area (Å²) in [5, 5.41) is 14.9. The maximum absolute atomic E-state index is 13.2. The SMILES string of the molecule is CC(Nc1ccc(Oc2ccccc2C#N)cc1)C(=O)Nc1cccc(F)c1. The molecule has 1 amide bonds. The third-order valence-corrected chi connectivity index (χ3v) is 3.96. The average molecular weight is 375 g/mol. The van der Waals surface area contributed by atoms with Crippen molar-refractivity contribution in [2.45, 2.75) is 13.0 Å². The summed E-state index contributed by atoms with van der Waals surface area (Å²) in [6.45, 7) is 1.71. The summed E-state index contributed by atoms with van der Waals surface area (Å²) in [5.74, 6) is 0.361. The van der Waals surface area contributed by atoms with Crippen molar-refractivity contribution in [3.8, 4) is 17.6 Å². The van der Waals surface area contributed by atoms with Gasteiger partial charge in [-0.25, -0.2) is 4.39 Å². The first-order valence-corrected chi connectivity index (χ1v) is 8.65. The van der Waals surface area contributed by atoms with Crippen LogP contribution in [0.4, 0.5) is 15.8 Å². The molecule has 3 aromatic rings. The average Bonchev–Trinajstić information content (AvgIpc) is 2.70. The van der Waals surface area contributed by atoms with Gasteiger partial charge in [-0.05, 0) is 61.5 Å². The van der Waals surface area contributed by atoms with Gasteiger partial charge < -0.3 is 15.4 Å². The smallest absolute Gasteiger partial charge is 0.246 e. The number of hydrogen-bond donors (Lipinski definition) is 2. The molecule has 1 unspecified atom stereocenters. The van der Waals surface area contributed by atoms with Crippen LogP contribution in [0.25, 0.3) is 0 Å². The number of nitrogens with zero attached hydrogens (tertiary/aromatic N) is 1. The topological polar surface area (TPSA) is 74.1 Å². The second-order valence-electron chi connectivity index (χ2n) is 6.10. The molecule has 0 aromatic heterocycles. The Morgan fingerprint density at radius 1 is 1.04 bits per heavy atom. The largest absolute Gasteiger partial charge is 0.456 e. The summed E-state index contributed by atoms with van der Waals surface area (Å²) < 4.78 is 18.9. The summed E-state index contributed by atoms with van der Waals surface area (Å²) in [6.07, 6.45) is 0. The minimum atomic E-state index is -0.533. The zero-order chi connectivity index (χ0) is 19.9. The predicted molar refractivity (Wildman–Crippen MR) is 106 cm³/mol. The van der Waals surface area contributed by atoms with Crippen molar-refractivity contribution >= 4 is 17.3 Å². The van der Waals surface area contributed by atoms with Crippen LogP contribution in [0.5, 0.6) is 11.5 Å². The van der Waals surface area contributed by atoms with E-state index in [2.05, 4.69) is 16.7 Å². The first-order chi connectivity index (χ1) is 13.5. The quantitative estimate of drug-likeness (QED) is 0.641. The molecular formula is C22H18FN3O2. The van der Waals surface area contributed by atoms with Crippen molar-refractivity contribution in [1.82, 2.24) is 0 Å². The number of benzene rings is 3. The fourth-order valence-corrected chi connectivity index (χ4v) is 2.53. The first kappa shape index (κ1) is 18.9. The molecule has 2 N–H and O–H groups in total. The van der Waals surface area contributed by atoms with E-state index in [1.54, 1.807) is 61.5 Å². The highest BCUT2D eigenvalue weighted by Crippen LogP contribution is 2.26. The van der Waals surface area contributed by atoms with Gasteiger partial charge in [0.25, 0.3) is 0 Å². The van der Waals surface area contributed by atoms with Gasteiger partial charge in [0.1, 0.15) is 29.4 Å². The molecule has 0 aliphatic rings. The van der Waals surface area contributed by atoms with Gasteiger partial charge in [-0.3, -0.25) is 4.79 Å². The second kappa shape index (κ2) is 8.69. The van der Waals surface area contributed by atoms with Crippen LogP contribution >= 0.6 is 0 Å². The first-order valence-electron chi connectivity index (χ1n) is 8.65. The molecule has 0 fully saturated rings. The van der Waals surface area contributed by atoms with Crippen LogP contribution in [-0.4, -0.2) is 11.9 Å². The number of rotatable bonds is 6. The molecule has 140 valence electrons. The Hall–Kier alpha value is -3.85. The maximum atomic E-state index is 13.2. The molecule has 0 aliphatic heterocycles. The normalized spacial score (nSPS) is 11.2. The fourth-order valence-electron chi connectivity index (χ4n) is 2.53. The van der Waals surface area contributed by atoms with Crippen LogP contribution < -0.4 is 15.4 Å². The molecular weight excluding hydrogens is 357 g/mol. The number of carbonyl (C=O) groups is 1. The lowest BCUT2D eigenvalue weighted by molar-refractivity contribution is -0.116. The molecule has 0 bridgehead atoms. The van der Waals surface area contributed by atoms with E-state index in [1.807, 2.05) is 0 Å². The number of hydrogen-bond acceptors (Lipinski definition) is 4. The Balaban J connectivity index is 1.60. The van der Waals surface area contributed by atoms with Gasteiger partial charge in [0.2, 0.25) is 5.91 Å². The standard InChI is InChI=1S/C22H18FN3O2/c1-15(22(27)26-19-7-4-6-17(23)13-19)25-18-9-11-20(12-10-18)28-21-8-3-2-5-16(21)14-24/h2-13,15,25H,1H3,(H,26,27). The summed E-state index contributed by atoms with van der Waals surface area (Å²) in [6, 6.07) is 21.3. The molecule has 28 heavy (non-hydrogen) atoms. The Kier molecular flexibility index (Phi) is 5.87. The van der Waals surface area contributed by atoms with E-state index >= 15 is 0 Å². The molecule has 0 heterocycles. The lowest BCUT2D eigenvalue weighted by atomic mass is 10.2. The molecule has 0 aliphatic carbocycles. The second-order valence-corrected chi connectivity index (χ2v) is 6.10. The van der Waals surface area contributed by atoms with Gasteiger partial charge in [0.05, 0.1) is 5.56 Å². The molecule has 5 nitrogen and oxygen atoms in total. The van der Waals surface area contributed by atoms with Gasteiger partial charge >= 0.3 is 0 Å². The van der Waals surface area contributed by atoms with Gasteiger partial charge in [-0.15, -0.1) is 0 Å². The third kappa shape index (κ3) is 4.86. The highest BCUT2D eigenvalue weighted by atomic mass is 19.1. The number of carbonyl (C=O) groups excluding carboxylic acids is 1. The van der Waals surface area contributed by atoms with Crippen LogP contribution in [0.15, 0.2) is 72.8 Å². The number of halogens is 1. The van der Waals surface area contributed by atoms with Crippen molar-refractivity contribution in [1.29, 1.82) is 5.26 Å². The Morgan fingerprint density at radius 3 is 2.50 bits per heavy atom. The minimum Gasteiger partial charge on any atom is -0.456 e. The van der Waals surface area contributed by atoms with Crippen LogP contribution in [0.2, 0.25) is 0 Å². The molecule has 0 spiro atoms. The zero-order valence-corrected chi connectivity index (χ0v) is 15.1. The molecule has 3 rings (SSSR count). The molecule has 0 saturated heterocycles. The third-order valence-electron chi connectivity index (χ3n) is 3.96. The van der Waals surface area contributed by atoms with Crippen LogP contribution in [0.1, 0.15) is 12.5 Å². The lowest BCUT2D eigenvalue weighted by Crippen LogP contribution is -2.31. The summed E-state index contributed by atoms with van der Waals surface area (Å²) >= 11 is 0. The van der Waals surface area contributed by atoms with E-state index in [4.69, 9.17) is 10.00 Å². The number of para-hydroxylation sites is 1. The zero-order valence-electron chi connectivity index (χ0n) is 15.1. The molecule has 0 radical (unpaired) electrons. The highest BCUT2D eigenvalue weighted by Gasteiger charge is 2.13. The Morgan fingerprint density at radius 2 is 1.79 bits per heavy atom. The number of nitrogens with one attached hydrogen (secondary N) is 2. The van der Waals surface area contributed by atoms with Crippen LogP contribution in [0, 0.1) is 17.1 Å². The number of anilines is 2. The number of amides is 1. The van der Waals surface area contributed by atoms with E-state index < -0.39 is 11.9 Å². The van der Waals surface area contributed by atoms with Crippen molar-refractivity contribution in [3.05, 3.63) is 84.2 Å². The predicted octanol–water partition coefficient (Wildman–Crippen LogP) is 4.93. The van der Waals surface area contributed by atoms with Gasteiger partial charge in [-0.2, -0.15) is 5.26 Å². The molecule has 6 heteroatoms. The van der Waals surface area contributed by atoms with E-state index in [1.165, 1.54) is 18.2 Å². The monoisotopic (exact) mass is 375 g/mol. The van der Waals surface area contributed by atoms with Crippen molar-refractivity contribution < 1.29 is 13.9 Å². The van der Waals surface area contributed by atoms with E-state index in [-0.39, 0.29) is 5.91 Å². The Labute approximate surface area is 162 Å². The van der Waals surface area contributed by atoms with E-state index in [9.17, 15) is 9.18 Å². The van der Waals surface area contributed by atoms with Crippen molar-refractivity contribution in [2.24, 2.45) is 0 Å². The highest BCUT2D eigenvalue weighted by molar-refractivity contribution is 5.96. The van der Waals surface area contributed by atoms with E-state index in [0.29, 0.717) is 22.7 Å². The minimum absolute atomic E-state index is 0.283. The van der Waals surface area contributed by atoms with Crippen molar-refractivity contribution in [3.63, 3.8) is 0 Å². The lowest BCUT2D eigenvalue weighted by Gasteiger charge is -2.16. The van der Waals surface area contributed by atoms with Crippen molar-refractivity contribution in [2.75, 3.05) is 10.6 Å². The van der Waals surface area contributed by atoms with Gasteiger partial charge in [0.15, 0.2) is 0 Å². The molecule has 1 atom stereocenters. The summed E-state index contributed by atoms with van der Waals surface area (Å²) in [7, 11) is 0. The van der Waals surface area contributed by atoms with Crippen LogP contribution in [-0.2, 0) is 4.79 Å². The van der Waals surface area contributed by atoms with Crippen LogP contribution in [0.3, 0.4) is 0 Å². The number of nitriles is 1. The van der Waals surface area contributed by atoms with Gasteiger partial charge in [-0.1, -0.05) is 18.2 Å². The van der Waals surface area contributed by atoms with E-state index in [0.717, 1.165) is 5.69 Å². The molecule has 3 aromatic carbocycles. The molecule has 0 saturated carbocycles. The maximum Gasteiger partial charge on any atom is 0.246 e. The summed E-state index contributed by atoms with van der Waals surface area (Å²) in [5.41, 5.74) is 1.58. The Bertz CT molecular complexity index is 1010. The fraction of sp³-hybridized carbons (Fsp3) is 0.0909. The van der Waals surface area contributed by atoms with Gasteiger partial charge in [0, 0.05) is 11.4 Å².